The van der Waals surface area contributed by atoms with Gasteiger partial charge in [-0.2, -0.15) is 0 Å². The second kappa shape index (κ2) is 6.87. The molecule has 0 aliphatic rings. The molecule has 2 aromatic rings. The maximum absolute atomic E-state index is 5.98. The van der Waals surface area contributed by atoms with E-state index in [4.69, 9.17) is 27.9 Å². The van der Waals surface area contributed by atoms with Crippen LogP contribution in [0.3, 0.4) is 0 Å². The highest BCUT2D eigenvalue weighted by Crippen LogP contribution is 2.25. The van der Waals surface area contributed by atoms with Gasteiger partial charge in [0, 0.05) is 27.8 Å². The Labute approximate surface area is 129 Å². The second-order valence-corrected chi connectivity index (χ2v) is 5.66. The van der Waals surface area contributed by atoms with Crippen molar-refractivity contribution in [3.05, 3.63) is 58.1 Å². The highest BCUT2D eigenvalue weighted by molar-refractivity contribution is 6.35. The van der Waals surface area contributed by atoms with E-state index in [-0.39, 0.29) is 6.10 Å². The first kappa shape index (κ1) is 15.0. The van der Waals surface area contributed by atoms with E-state index in [0.717, 1.165) is 17.0 Å². The normalized spacial score (nSPS) is 10.7. The topological polar surface area (TPSA) is 21.3 Å². The fourth-order valence-electron chi connectivity index (χ4n) is 1.87. The van der Waals surface area contributed by atoms with E-state index in [0.29, 0.717) is 16.6 Å². The summed E-state index contributed by atoms with van der Waals surface area (Å²) in [6.07, 6.45) is 0.150. The minimum absolute atomic E-state index is 0.150. The van der Waals surface area contributed by atoms with Gasteiger partial charge in [0.05, 0.1) is 6.10 Å². The van der Waals surface area contributed by atoms with Gasteiger partial charge >= 0.3 is 0 Å². The fraction of sp³-hybridized carbons (Fsp3) is 0.250. The number of halogens is 2. The van der Waals surface area contributed by atoms with Crippen molar-refractivity contribution in [2.45, 2.75) is 26.5 Å². The summed E-state index contributed by atoms with van der Waals surface area (Å²) in [4.78, 5) is 0. The zero-order valence-corrected chi connectivity index (χ0v) is 13.0. The molecule has 0 aliphatic carbocycles. The predicted octanol–water partition coefficient (Wildman–Crippen LogP) is 5.39. The van der Waals surface area contributed by atoms with Crippen LogP contribution in [0, 0.1) is 0 Å². The lowest BCUT2D eigenvalue weighted by molar-refractivity contribution is 0.240. The molecule has 0 radical (unpaired) electrons. The van der Waals surface area contributed by atoms with Gasteiger partial charge < -0.3 is 10.1 Å². The van der Waals surface area contributed by atoms with Crippen LogP contribution in [0.4, 0.5) is 5.69 Å². The Bertz CT molecular complexity index is 564. The third kappa shape index (κ3) is 4.32. The Morgan fingerprint density at radius 3 is 2.35 bits per heavy atom. The number of hydrogen-bond donors (Lipinski definition) is 1. The number of benzene rings is 2. The van der Waals surface area contributed by atoms with Crippen LogP contribution < -0.4 is 10.1 Å². The zero-order valence-electron chi connectivity index (χ0n) is 11.5. The average molecular weight is 310 g/mol. The number of rotatable bonds is 5. The summed E-state index contributed by atoms with van der Waals surface area (Å²) in [5.74, 6) is 0.892. The van der Waals surface area contributed by atoms with Gasteiger partial charge in [0.15, 0.2) is 0 Å². The summed E-state index contributed by atoms with van der Waals surface area (Å²) in [5.41, 5.74) is 1.99. The van der Waals surface area contributed by atoms with E-state index in [9.17, 15) is 0 Å². The Morgan fingerprint density at radius 1 is 1.05 bits per heavy atom. The number of anilines is 1. The zero-order chi connectivity index (χ0) is 14.5. The minimum Gasteiger partial charge on any atom is -0.491 e. The third-order valence-electron chi connectivity index (χ3n) is 2.68. The summed E-state index contributed by atoms with van der Waals surface area (Å²) in [7, 11) is 0. The van der Waals surface area contributed by atoms with Crippen molar-refractivity contribution < 1.29 is 4.74 Å². The number of ether oxygens (including phenoxy) is 1. The highest BCUT2D eigenvalue weighted by atomic mass is 35.5. The molecular formula is C16H17Cl2NO. The lowest BCUT2D eigenvalue weighted by atomic mass is 10.2. The van der Waals surface area contributed by atoms with Crippen LogP contribution in [0.5, 0.6) is 5.75 Å². The molecule has 2 aromatic carbocycles. The molecule has 1 N–H and O–H groups in total. The molecule has 0 spiro atoms. The lowest BCUT2D eigenvalue weighted by Gasteiger charge is -2.15. The van der Waals surface area contributed by atoms with Gasteiger partial charge in [-0.15, -0.1) is 0 Å². The minimum atomic E-state index is 0.150. The van der Waals surface area contributed by atoms with Crippen LogP contribution >= 0.6 is 23.2 Å². The molecule has 2 nitrogen and oxygen atoms in total. The number of hydrogen-bond acceptors (Lipinski definition) is 2. The summed E-state index contributed by atoms with van der Waals surface area (Å²) in [6, 6.07) is 13.4. The predicted molar refractivity (Wildman–Crippen MR) is 86.0 cm³/mol. The molecule has 106 valence electrons. The van der Waals surface area contributed by atoms with Crippen molar-refractivity contribution in [2.75, 3.05) is 5.32 Å². The smallest absolute Gasteiger partial charge is 0.124 e. The van der Waals surface area contributed by atoms with Crippen molar-refractivity contribution >= 4 is 28.9 Å². The summed E-state index contributed by atoms with van der Waals surface area (Å²) >= 11 is 12.0. The van der Waals surface area contributed by atoms with E-state index in [1.165, 1.54) is 0 Å². The van der Waals surface area contributed by atoms with Crippen LogP contribution in [-0.2, 0) is 6.54 Å². The van der Waals surface area contributed by atoms with E-state index < -0.39 is 0 Å². The van der Waals surface area contributed by atoms with Crippen molar-refractivity contribution in [3.8, 4) is 5.75 Å². The van der Waals surface area contributed by atoms with Crippen LogP contribution in [0.15, 0.2) is 42.5 Å². The summed E-state index contributed by atoms with van der Waals surface area (Å²) < 4.78 is 5.79. The molecule has 0 aliphatic heterocycles. The van der Waals surface area contributed by atoms with Gasteiger partial charge in [0.1, 0.15) is 5.75 Å². The molecule has 0 bridgehead atoms. The third-order valence-corrected chi connectivity index (χ3v) is 3.12. The van der Waals surface area contributed by atoms with Crippen molar-refractivity contribution in [3.63, 3.8) is 0 Å². The van der Waals surface area contributed by atoms with E-state index in [1.54, 1.807) is 6.07 Å². The van der Waals surface area contributed by atoms with Gasteiger partial charge in [-0.25, -0.2) is 0 Å². The van der Waals surface area contributed by atoms with Crippen molar-refractivity contribution in [1.29, 1.82) is 0 Å². The van der Waals surface area contributed by atoms with Crippen LogP contribution in [-0.4, -0.2) is 6.10 Å². The molecule has 0 atom stereocenters. The Hall–Kier alpha value is -1.38. The molecule has 0 fully saturated rings. The Kier molecular flexibility index (Phi) is 5.16. The second-order valence-electron chi connectivity index (χ2n) is 4.79. The van der Waals surface area contributed by atoms with Crippen LogP contribution in [0.25, 0.3) is 0 Å². The van der Waals surface area contributed by atoms with Gasteiger partial charge in [-0.05, 0) is 38.1 Å². The maximum Gasteiger partial charge on any atom is 0.124 e. The van der Waals surface area contributed by atoms with Crippen molar-refractivity contribution in [1.82, 2.24) is 0 Å². The SMILES string of the molecule is CC(C)Oc1ccccc1CNc1cc(Cl)cc(Cl)c1. The lowest BCUT2D eigenvalue weighted by Crippen LogP contribution is -2.09. The largest absolute Gasteiger partial charge is 0.491 e. The molecule has 0 amide bonds. The monoisotopic (exact) mass is 309 g/mol. The van der Waals surface area contributed by atoms with Crippen LogP contribution in [0.1, 0.15) is 19.4 Å². The standard InChI is InChI=1S/C16H17Cl2NO/c1-11(2)20-16-6-4-3-5-12(16)10-19-15-8-13(17)7-14(18)9-15/h3-9,11,19H,10H2,1-2H3. The Morgan fingerprint density at radius 2 is 1.70 bits per heavy atom. The van der Waals surface area contributed by atoms with Crippen LogP contribution in [0.2, 0.25) is 10.0 Å². The van der Waals surface area contributed by atoms with Gasteiger partial charge in [-0.1, -0.05) is 41.4 Å². The molecule has 0 unspecified atom stereocenters. The highest BCUT2D eigenvalue weighted by Gasteiger charge is 2.05. The number of para-hydroxylation sites is 1. The quantitative estimate of drug-likeness (QED) is 0.799. The van der Waals surface area contributed by atoms with Gasteiger partial charge in [0.2, 0.25) is 0 Å². The first-order valence-corrected chi connectivity index (χ1v) is 7.24. The molecule has 0 aromatic heterocycles. The molecule has 0 saturated carbocycles. The average Bonchev–Trinajstić information content (AvgIpc) is 2.36. The van der Waals surface area contributed by atoms with E-state index in [2.05, 4.69) is 5.32 Å². The molecule has 4 heteroatoms. The molecule has 0 heterocycles. The Balaban J connectivity index is 2.10. The van der Waals surface area contributed by atoms with Crippen molar-refractivity contribution in [2.24, 2.45) is 0 Å². The molecule has 20 heavy (non-hydrogen) atoms. The number of nitrogens with one attached hydrogen (secondary N) is 1. The molecular weight excluding hydrogens is 293 g/mol. The van der Waals surface area contributed by atoms with E-state index in [1.807, 2.05) is 50.2 Å². The van der Waals surface area contributed by atoms with E-state index >= 15 is 0 Å². The first-order chi connectivity index (χ1) is 9.54. The molecule has 0 saturated heterocycles. The fourth-order valence-corrected chi connectivity index (χ4v) is 2.40. The molecule has 2 rings (SSSR count). The van der Waals surface area contributed by atoms with Gasteiger partial charge in [-0.3, -0.25) is 0 Å². The summed E-state index contributed by atoms with van der Waals surface area (Å²) in [5, 5.41) is 4.54. The first-order valence-electron chi connectivity index (χ1n) is 6.49. The van der Waals surface area contributed by atoms with Gasteiger partial charge in [0.25, 0.3) is 0 Å². The maximum atomic E-state index is 5.98. The summed E-state index contributed by atoms with van der Waals surface area (Å²) in [6.45, 7) is 4.68.